The first-order chi connectivity index (χ1) is 8.74. The van der Waals surface area contributed by atoms with Gasteiger partial charge < -0.3 is 0 Å². The van der Waals surface area contributed by atoms with Crippen molar-refractivity contribution in [3.8, 4) is 0 Å². The van der Waals surface area contributed by atoms with Crippen LogP contribution in [0.25, 0.3) is 0 Å². The molecule has 18 heavy (non-hydrogen) atoms. The fourth-order valence-corrected chi connectivity index (χ4v) is 2.48. The molecule has 1 unspecified atom stereocenters. The molecule has 0 aliphatic heterocycles. The van der Waals surface area contributed by atoms with E-state index in [0.29, 0.717) is 6.04 Å². The van der Waals surface area contributed by atoms with Gasteiger partial charge in [-0.1, -0.05) is 48.0 Å². The van der Waals surface area contributed by atoms with E-state index in [4.69, 9.17) is 0 Å². The van der Waals surface area contributed by atoms with Gasteiger partial charge in [-0.3, -0.25) is 4.72 Å². The molecule has 0 amide bonds. The van der Waals surface area contributed by atoms with Crippen LogP contribution in [0.2, 0.25) is 0 Å². The highest BCUT2D eigenvalue weighted by molar-refractivity contribution is 7.97. The van der Waals surface area contributed by atoms with Crippen molar-refractivity contribution in [2.75, 3.05) is 0 Å². The van der Waals surface area contributed by atoms with Gasteiger partial charge in [-0.2, -0.15) is 0 Å². The molecule has 0 saturated carbocycles. The lowest BCUT2D eigenvalue weighted by Crippen LogP contribution is -2.21. The van der Waals surface area contributed by atoms with Crippen LogP contribution in [0.4, 0.5) is 0 Å². The first-order valence-electron chi connectivity index (χ1n) is 6.27. The topological polar surface area (TPSA) is 12.0 Å². The SMILES string of the molecule is Cc1ccc(SNC(C)Cc2ccccc2)cc1. The lowest BCUT2D eigenvalue weighted by atomic mass is 10.1. The Morgan fingerprint density at radius 1 is 1.00 bits per heavy atom. The van der Waals surface area contributed by atoms with Gasteiger partial charge in [0.1, 0.15) is 0 Å². The van der Waals surface area contributed by atoms with E-state index in [1.807, 2.05) is 0 Å². The van der Waals surface area contributed by atoms with Gasteiger partial charge in [0.25, 0.3) is 0 Å². The predicted octanol–water partition coefficient (Wildman–Crippen LogP) is 4.22. The number of aryl methyl sites for hydroxylation is 1. The molecule has 1 N–H and O–H groups in total. The molecule has 0 aromatic heterocycles. The van der Waals surface area contributed by atoms with E-state index in [-0.39, 0.29) is 0 Å². The maximum atomic E-state index is 3.48. The summed E-state index contributed by atoms with van der Waals surface area (Å²) < 4.78 is 3.48. The minimum Gasteiger partial charge on any atom is -0.257 e. The van der Waals surface area contributed by atoms with Gasteiger partial charge in [0.2, 0.25) is 0 Å². The van der Waals surface area contributed by atoms with Crippen molar-refractivity contribution in [1.29, 1.82) is 0 Å². The zero-order chi connectivity index (χ0) is 12.8. The van der Waals surface area contributed by atoms with Crippen LogP contribution >= 0.6 is 11.9 Å². The minimum absolute atomic E-state index is 0.457. The molecule has 94 valence electrons. The molecule has 0 spiro atoms. The molecule has 0 bridgehead atoms. The molecule has 2 rings (SSSR count). The van der Waals surface area contributed by atoms with E-state index in [1.54, 1.807) is 11.9 Å². The minimum atomic E-state index is 0.457. The van der Waals surface area contributed by atoms with Crippen molar-refractivity contribution in [2.24, 2.45) is 0 Å². The summed E-state index contributed by atoms with van der Waals surface area (Å²) >= 11 is 1.71. The summed E-state index contributed by atoms with van der Waals surface area (Å²) in [6, 6.07) is 19.7. The summed E-state index contributed by atoms with van der Waals surface area (Å²) in [5, 5.41) is 0. The summed E-state index contributed by atoms with van der Waals surface area (Å²) in [4.78, 5) is 1.26. The number of hydrogen-bond acceptors (Lipinski definition) is 2. The second kappa shape index (κ2) is 6.62. The van der Waals surface area contributed by atoms with E-state index >= 15 is 0 Å². The van der Waals surface area contributed by atoms with E-state index in [1.165, 1.54) is 16.0 Å². The molecule has 2 heteroatoms. The molecular weight excluding hydrogens is 238 g/mol. The maximum absolute atomic E-state index is 3.48. The predicted molar refractivity (Wildman–Crippen MR) is 79.8 cm³/mol. The third-order valence-corrected chi connectivity index (χ3v) is 3.81. The molecule has 0 saturated heterocycles. The van der Waals surface area contributed by atoms with Crippen molar-refractivity contribution < 1.29 is 0 Å². The van der Waals surface area contributed by atoms with Gasteiger partial charge in [-0.25, -0.2) is 0 Å². The van der Waals surface area contributed by atoms with Gasteiger partial charge in [0.15, 0.2) is 0 Å². The summed E-state index contributed by atoms with van der Waals surface area (Å²) in [6.45, 7) is 4.33. The Hall–Kier alpha value is -1.25. The Labute approximate surface area is 114 Å². The van der Waals surface area contributed by atoms with Crippen LogP contribution in [-0.4, -0.2) is 6.04 Å². The largest absolute Gasteiger partial charge is 0.257 e. The normalized spacial score (nSPS) is 12.3. The quantitative estimate of drug-likeness (QED) is 0.805. The van der Waals surface area contributed by atoms with Gasteiger partial charge >= 0.3 is 0 Å². The van der Waals surface area contributed by atoms with E-state index < -0.39 is 0 Å². The van der Waals surface area contributed by atoms with Crippen molar-refractivity contribution in [1.82, 2.24) is 4.72 Å². The average Bonchev–Trinajstić information content (AvgIpc) is 2.39. The smallest absolute Gasteiger partial charge is 0.0228 e. The van der Waals surface area contributed by atoms with Gasteiger partial charge in [-0.05, 0) is 49.9 Å². The molecule has 0 fully saturated rings. The second-order valence-electron chi connectivity index (χ2n) is 4.62. The molecule has 0 aliphatic rings. The molecule has 1 atom stereocenters. The van der Waals surface area contributed by atoms with Crippen LogP contribution in [0.3, 0.4) is 0 Å². The molecule has 0 aliphatic carbocycles. The molecule has 1 nitrogen and oxygen atoms in total. The molecule has 0 radical (unpaired) electrons. The summed E-state index contributed by atoms with van der Waals surface area (Å²) in [5.41, 5.74) is 2.68. The Bertz CT molecular complexity index is 464. The fourth-order valence-electron chi connectivity index (χ4n) is 1.78. The maximum Gasteiger partial charge on any atom is 0.0228 e. The van der Waals surface area contributed by atoms with E-state index in [2.05, 4.69) is 73.2 Å². The number of nitrogens with one attached hydrogen (secondary N) is 1. The highest BCUT2D eigenvalue weighted by Crippen LogP contribution is 2.16. The summed E-state index contributed by atoms with van der Waals surface area (Å²) in [6.07, 6.45) is 1.06. The third kappa shape index (κ3) is 4.21. The fraction of sp³-hybridized carbons (Fsp3) is 0.250. The summed E-state index contributed by atoms with van der Waals surface area (Å²) in [5.74, 6) is 0. The highest BCUT2D eigenvalue weighted by atomic mass is 32.2. The second-order valence-corrected chi connectivity index (χ2v) is 5.53. The molecular formula is C16H19NS. The van der Waals surface area contributed by atoms with Crippen molar-refractivity contribution in [3.05, 3.63) is 65.7 Å². The Morgan fingerprint density at radius 2 is 1.67 bits per heavy atom. The molecule has 2 aromatic rings. The molecule has 2 aromatic carbocycles. The van der Waals surface area contributed by atoms with Gasteiger partial charge in [-0.15, -0.1) is 0 Å². The van der Waals surface area contributed by atoms with Crippen molar-refractivity contribution in [3.63, 3.8) is 0 Å². The van der Waals surface area contributed by atoms with E-state index in [0.717, 1.165) is 6.42 Å². The van der Waals surface area contributed by atoms with Crippen molar-refractivity contribution in [2.45, 2.75) is 31.2 Å². The number of rotatable bonds is 5. The van der Waals surface area contributed by atoms with Crippen LogP contribution in [0.15, 0.2) is 59.5 Å². The van der Waals surface area contributed by atoms with Crippen LogP contribution in [0, 0.1) is 6.92 Å². The highest BCUT2D eigenvalue weighted by Gasteiger charge is 2.03. The van der Waals surface area contributed by atoms with Crippen molar-refractivity contribution >= 4 is 11.9 Å². The lowest BCUT2D eigenvalue weighted by Gasteiger charge is -2.13. The van der Waals surface area contributed by atoms with Crippen LogP contribution in [0.1, 0.15) is 18.1 Å². The van der Waals surface area contributed by atoms with Gasteiger partial charge in [0, 0.05) is 10.9 Å². The zero-order valence-electron chi connectivity index (χ0n) is 10.9. The zero-order valence-corrected chi connectivity index (χ0v) is 11.7. The Kier molecular flexibility index (Phi) is 4.85. The summed E-state index contributed by atoms with van der Waals surface area (Å²) in [7, 11) is 0. The van der Waals surface area contributed by atoms with Crippen LogP contribution < -0.4 is 4.72 Å². The third-order valence-electron chi connectivity index (χ3n) is 2.78. The first-order valence-corrected chi connectivity index (χ1v) is 7.08. The Balaban J connectivity index is 1.81. The van der Waals surface area contributed by atoms with Crippen LogP contribution in [-0.2, 0) is 6.42 Å². The number of benzene rings is 2. The lowest BCUT2D eigenvalue weighted by molar-refractivity contribution is 0.689. The van der Waals surface area contributed by atoms with Crippen LogP contribution in [0.5, 0.6) is 0 Å². The first kappa shape index (κ1) is 13.2. The Morgan fingerprint density at radius 3 is 2.33 bits per heavy atom. The monoisotopic (exact) mass is 257 g/mol. The average molecular weight is 257 g/mol. The van der Waals surface area contributed by atoms with E-state index in [9.17, 15) is 0 Å². The van der Waals surface area contributed by atoms with Gasteiger partial charge in [0.05, 0.1) is 0 Å². The number of hydrogen-bond donors (Lipinski definition) is 1. The standard InChI is InChI=1S/C16H19NS/c1-13-8-10-16(11-9-13)18-17-14(2)12-15-6-4-3-5-7-15/h3-11,14,17H,12H2,1-2H3. The molecule has 0 heterocycles.